The van der Waals surface area contributed by atoms with Crippen molar-refractivity contribution in [2.45, 2.75) is 12.1 Å². The number of nitrogens with zero attached hydrogens (tertiary/aromatic N) is 2. The molecule has 2 aliphatic rings. The summed E-state index contributed by atoms with van der Waals surface area (Å²) in [5, 5.41) is 1.87. The van der Waals surface area contributed by atoms with Crippen LogP contribution in [-0.2, 0) is 14.4 Å². The van der Waals surface area contributed by atoms with Gasteiger partial charge < -0.3 is 0 Å². The Morgan fingerprint density at radius 1 is 0.833 bits per heavy atom. The highest BCUT2D eigenvalue weighted by Crippen LogP contribution is 2.48. The van der Waals surface area contributed by atoms with Crippen molar-refractivity contribution >= 4 is 34.8 Å². The van der Waals surface area contributed by atoms with Crippen LogP contribution in [0.1, 0.15) is 11.6 Å². The van der Waals surface area contributed by atoms with Gasteiger partial charge in [-0.3, -0.25) is 14.4 Å². The highest BCUT2D eigenvalue weighted by Gasteiger charge is 2.60. The number of fused-ring (bicyclic) bond motifs is 1. The van der Waals surface area contributed by atoms with Crippen molar-refractivity contribution in [3.8, 4) is 0 Å². The molecule has 0 N–H and O–H groups in total. The van der Waals surface area contributed by atoms with E-state index in [1.807, 2.05) is 30.3 Å². The number of rotatable bonds is 3. The molecule has 3 atom stereocenters. The molecule has 0 aliphatic carbocycles. The Morgan fingerprint density at radius 2 is 1.50 bits per heavy atom. The minimum absolute atomic E-state index is 0.303. The summed E-state index contributed by atoms with van der Waals surface area (Å²) in [5.41, 5.74) is 1.71. The van der Waals surface area contributed by atoms with E-state index in [2.05, 4.69) is 0 Å². The maximum Gasteiger partial charge on any atom is 0.266 e. The van der Waals surface area contributed by atoms with E-state index in [1.165, 1.54) is 12.1 Å². The summed E-state index contributed by atoms with van der Waals surface area (Å²) in [6.07, 6.45) is -0.996. The van der Waals surface area contributed by atoms with E-state index in [-0.39, 0.29) is 5.82 Å². The van der Waals surface area contributed by atoms with Gasteiger partial charge in [-0.1, -0.05) is 54.1 Å². The van der Waals surface area contributed by atoms with Gasteiger partial charge in [0.2, 0.25) is 5.91 Å². The molecule has 2 fully saturated rings. The average molecular weight is 423 g/mol. The van der Waals surface area contributed by atoms with E-state index in [4.69, 9.17) is 16.4 Å². The average Bonchev–Trinajstić information content (AvgIpc) is 3.26. The smallest absolute Gasteiger partial charge is 0.266 e. The Morgan fingerprint density at radius 3 is 2.20 bits per heavy atom. The minimum Gasteiger partial charge on any atom is -0.273 e. The van der Waals surface area contributed by atoms with Crippen LogP contribution >= 0.6 is 11.6 Å². The number of amides is 2. The van der Waals surface area contributed by atoms with E-state index in [0.717, 1.165) is 4.90 Å². The number of para-hydroxylation sites is 2. The lowest BCUT2D eigenvalue weighted by Gasteiger charge is -2.28. The highest BCUT2D eigenvalue weighted by atomic mass is 35.5. The van der Waals surface area contributed by atoms with Gasteiger partial charge in [0.15, 0.2) is 6.10 Å². The molecule has 3 aromatic rings. The fraction of sp³-hybridized carbons (Fsp3) is 0.130. The maximum absolute atomic E-state index is 13.5. The lowest BCUT2D eigenvalue weighted by atomic mass is 9.90. The van der Waals surface area contributed by atoms with Crippen molar-refractivity contribution in [1.82, 2.24) is 0 Å². The zero-order chi connectivity index (χ0) is 20.8. The number of anilines is 2. The number of halogens is 2. The number of hydrogen-bond acceptors (Lipinski definition) is 4. The van der Waals surface area contributed by atoms with E-state index >= 15 is 0 Å². The van der Waals surface area contributed by atoms with Crippen LogP contribution in [0.3, 0.4) is 0 Å². The van der Waals surface area contributed by atoms with Crippen LogP contribution in [0.25, 0.3) is 0 Å². The van der Waals surface area contributed by atoms with Gasteiger partial charge in [0.1, 0.15) is 11.7 Å². The SMILES string of the molecule is O=C1[C@@H]2[C@@H](c3ccc(F)cc3)N(c3ccccc3)O[C@H]2C(=O)N1c1ccccc1Cl. The third-order valence-corrected chi connectivity index (χ3v) is 5.75. The standard InChI is InChI=1S/C23H16ClFN2O3/c24-17-8-4-5-9-18(17)26-22(28)19-20(14-10-12-15(25)13-11-14)27(30-21(19)23(26)29)16-6-2-1-3-7-16/h1-13,19-21H/t19-,20-,21-/m1/s1. The molecule has 150 valence electrons. The molecule has 5 rings (SSSR count). The molecule has 7 heteroatoms. The summed E-state index contributed by atoms with van der Waals surface area (Å²) >= 11 is 6.25. The molecule has 3 aromatic carbocycles. The van der Waals surface area contributed by atoms with Gasteiger partial charge in [0, 0.05) is 0 Å². The van der Waals surface area contributed by atoms with Crippen molar-refractivity contribution in [2.24, 2.45) is 5.92 Å². The van der Waals surface area contributed by atoms with Gasteiger partial charge in [-0.25, -0.2) is 14.4 Å². The molecule has 2 amide bonds. The monoisotopic (exact) mass is 422 g/mol. The fourth-order valence-electron chi connectivity index (χ4n) is 4.08. The van der Waals surface area contributed by atoms with Gasteiger partial charge >= 0.3 is 0 Å². The summed E-state index contributed by atoms with van der Waals surface area (Å²) in [6.45, 7) is 0. The van der Waals surface area contributed by atoms with E-state index in [9.17, 15) is 14.0 Å². The zero-order valence-electron chi connectivity index (χ0n) is 15.6. The topological polar surface area (TPSA) is 49.9 Å². The predicted octanol–water partition coefficient (Wildman–Crippen LogP) is 4.53. The molecular weight excluding hydrogens is 407 g/mol. The fourth-order valence-corrected chi connectivity index (χ4v) is 4.30. The number of benzene rings is 3. The van der Waals surface area contributed by atoms with Crippen molar-refractivity contribution in [3.63, 3.8) is 0 Å². The molecule has 2 heterocycles. The van der Waals surface area contributed by atoms with Crippen molar-refractivity contribution in [3.05, 3.63) is 95.3 Å². The molecule has 2 saturated heterocycles. The first-order valence-corrected chi connectivity index (χ1v) is 9.83. The summed E-state index contributed by atoms with van der Waals surface area (Å²) < 4.78 is 13.5. The summed E-state index contributed by atoms with van der Waals surface area (Å²) in [6, 6.07) is 21.2. The molecule has 0 spiro atoms. The molecule has 2 aliphatic heterocycles. The number of hydroxylamine groups is 1. The second-order valence-electron chi connectivity index (χ2n) is 7.17. The lowest BCUT2D eigenvalue weighted by Crippen LogP contribution is -2.37. The van der Waals surface area contributed by atoms with E-state index in [0.29, 0.717) is 22.0 Å². The zero-order valence-corrected chi connectivity index (χ0v) is 16.4. The molecule has 0 radical (unpaired) electrons. The van der Waals surface area contributed by atoms with Gasteiger partial charge in [0.25, 0.3) is 5.91 Å². The highest BCUT2D eigenvalue weighted by molar-refractivity contribution is 6.36. The number of carbonyl (C=O) groups excluding carboxylic acids is 2. The van der Waals surface area contributed by atoms with Crippen molar-refractivity contribution in [1.29, 1.82) is 0 Å². The van der Waals surface area contributed by atoms with Gasteiger partial charge in [-0.15, -0.1) is 0 Å². The first kappa shape index (κ1) is 18.8. The quantitative estimate of drug-likeness (QED) is 0.582. The van der Waals surface area contributed by atoms with Crippen LogP contribution in [0.4, 0.5) is 15.8 Å². The first-order valence-electron chi connectivity index (χ1n) is 9.45. The predicted molar refractivity (Wildman–Crippen MR) is 110 cm³/mol. The Hall–Kier alpha value is -3.22. The first-order chi connectivity index (χ1) is 14.6. The maximum atomic E-state index is 13.5. The van der Waals surface area contributed by atoms with E-state index in [1.54, 1.807) is 41.5 Å². The van der Waals surface area contributed by atoms with Crippen molar-refractivity contribution < 1.29 is 18.8 Å². The van der Waals surface area contributed by atoms with Crippen LogP contribution in [0.2, 0.25) is 5.02 Å². The largest absolute Gasteiger partial charge is 0.273 e. The molecule has 0 unspecified atom stereocenters. The van der Waals surface area contributed by atoms with Crippen LogP contribution in [0.5, 0.6) is 0 Å². The third kappa shape index (κ3) is 2.88. The minimum atomic E-state index is -0.996. The van der Waals surface area contributed by atoms with Gasteiger partial charge in [-0.2, -0.15) is 0 Å². The van der Waals surface area contributed by atoms with Crippen LogP contribution in [-0.4, -0.2) is 17.9 Å². The molecule has 0 saturated carbocycles. The Balaban J connectivity index is 1.60. The molecule has 0 aromatic heterocycles. The second kappa shape index (κ2) is 7.23. The summed E-state index contributed by atoms with van der Waals surface area (Å²) in [5.74, 6) is -2.04. The summed E-state index contributed by atoms with van der Waals surface area (Å²) in [7, 11) is 0. The Labute approximate surface area is 177 Å². The van der Waals surface area contributed by atoms with Crippen LogP contribution in [0, 0.1) is 11.7 Å². The number of hydrogen-bond donors (Lipinski definition) is 0. The summed E-state index contributed by atoms with van der Waals surface area (Å²) in [4.78, 5) is 33.8. The normalized spacial score (nSPS) is 23.2. The Bertz CT molecular complexity index is 1120. The molecule has 30 heavy (non-hydrogen) atoms. The van der Waals surface area contributed by atoms with Crippen LogP contribution < -0.4 is 9.96 Å². The second-order valence-corrected chi connectivity index (χ2v) is 7.58. The molecule has 5 nitrogen and oxygen atoms in total. The van der Waals surface area contributed by atoms with E-state index < -0.39 is 29.9 Å². The van der Waals surface area contributed by atoms with Gasteiger partial charge in [0.05, 0.1) is 22.4 Å². The van der Waals surface area contributed by atoms with Crippen molar-refractivity contribution in [2.75, 3.05) is 9.96 Å². The third-order valence-electron chi connectivity index (χ3n) is 5.43. The van der Waals surface area contributed by atoms with Gasteiger partial charge in [-0.05, 0) is 42.0 Å². The van der Waals surface area contributed by atoms with Crippen LogP contribution in [0.15, 0.2) is 78.9 Å². The number of carbonyl (C=O) groups is 2. The molecule has 0 bridgehead atoms. The lowest BCUT2D eigenvalue weighted by molar-refractivity contribution is -0.126. The number of imide groups is 1. The Kier molecular flexibility index (Phi) is 4.53. The molecular formula is C23H16ClFN2O3.